The summed E-state index contributed by atoms with van der Waals surface area (Å²) in [6.07, 6.45) is -3.28. The molecule has 4 rings (SSSR count). The molecule has 2 aromatic carbocycles. The summed E-state index contributed by atoms with van der Waals surface area (Å²) in [7, 11) is 0. The van der Waals surface area contributed by atoms with Gasteiger partial charge in [-0.05, 0) is 38.1 Å². The van der Waals surface area contributed by atoms with Gasteiger partial charge in [-0.15, -0.1) is 0 Å². The zero-order chi connectivity index (χ0) is 21.1. The van der Waals surface area contributed by atoms with E-state index in [4.69, 9.17) is 18.9 Å². The van der Waals surface area contributed by atoms with Crippen molar-refractivity contribution < 1.29 is 28.5 Å². The smallest absolute Gasteiger partial charge is 0.412 e. The van der Waals surface area contributed by atoms with Crippen molar-refractivity contribution in [1.29, 1.82) is 0 Å². The molecule has 8 nitrogen and oxygen atoms in total. The van der Waals surface area contributed by atoms with E-state index in [1.165, 1.54) is 0 Å². The molecule has 0 aromatic heterocycles. The lowest BCUT2D eigenvalue weighted by molar-refractivity contribution is -0.00697. The van der Waals surface area contributed by atoms with Crippen LogP contribution in [0.4, 0.5) is 21.0 Å². The van der Waals surface area contributed by atoms with Crippen LogP contribution in [0.3, 0.4) is 0 Å². The lowest BCUT2D eigenvalue weighted by atomic mass is 10.1. The molecule has 8 heteroatoms. The fourth-order valence-electron chi connectivity index (χ4n) is 3.47. The number of hydrogen-bond acceptors (Lipinski definition) is 6. The minimum atomic E-state index is -0.585. The third-order valence-corrected chi connectivity index (χ3v) is 5.08. The Hall–Kier alpha value is -3.10. The summed E-state index contributed by atoms with van der Waals surface area (Å²) in [6, 6.07) is 14.8. The molecule has 2 fully saturated rings. The van der Waals surface area contributed by atoms with Gasteiger partial charge in [-0.1, -0.05) is 35.4 Å². The molecular formula is C22H24N2O6. The van der Waals surface area contributed by atoms with Crippen molar-refractivity contribution in [2.24, 2.45) is 0 Å². The van der Waals surface area contributed by atoms with Crippen LogP contribution in [0, 0.1) is 13.8 Å². The van der Waals surface area contributed by atoms with Gasteiger partial charge in [0, 0.05) is 11.4 Å². The summed E-state index contributed by atoms with van der Waals surface area (Å²) >= 11 is 0. The zero-order valence-corrected chi connectivity index (χ0v) is 16.8. The average molecular weight is 412 g/mol. The highest BCUT2D eigenvalue weighted by Gasteiger charge is 2.51. The Kier molecular flexibility index (Phi) is 5.87. The van der Waals surface area contributed by atoms with E-state index in [-0.39, 0.29) is 13.2 Å². The predicted octanol–water partition coefficient (Wildman–Crippen LogP) is 3.64. The Morgan fingerprint density at radius 1 is 0.733 bits per heavy atom. The molecule has 0 bridgehead atoms. The molecule has 4 atom stereocenters. The number of nitrogens with one attached hydrogen (secondary N) is 2. The first-order chi connectivity index (χ1) is 14.5. The Bertz CT molecular complexity index is 823. The summed E-state index contributed by atoms with van der Waals surface area (Å²) in [5, 5.41) is 5.37. The van der Waals surface area contributed by atoms with Crippen LogP contribution < -0.4 is 10.6 Å². The molecule has 0 saturated carbocycles. The maximum absolute atomic E-state index is 12.2. The second-order valence-corrected chi connectivity index (χ2v) is 7.47. The van der Waals surface area contributed by atoms with E-state index in [1.807, 2.05) is 38.1 Å². The van der Waals surface area contributed by atoms with Crippen LogP contribution in [0.2, 0.25) is 0 Å². The van der Waals surface area contributed by atoms with Crippen LogP contribution in [0.5, 0.6) is 0 Å². The number of anilines is 2. The first-order valence-corrected chi connectivity index (χ1v) is 9.80. The Morgan fingerprint density at radius 3 is 1.47 bits per heavy atom. The Balaban J connectivity index is 1.27. The number of hydrogen-bond donors (Lipinski definition) is 2. The third-order valence-electron chi connectivity index (χ3n) is 5.08. The van der Waals surface area contributed by atoms with Crippen molar-refractivity contribution >= 4 is 23.6 Å². The fourth-order valence-corrected chi connectivity index (χ4v) is 3.47. The van der Waals surface area contributed by atoms with E-state index in [9.17, 15) is 9.59 Å². The van der Waals surface area contributed by atoms with Gasteiger partial charge in [0.05, 0.1) is 13.2 Å². The molecule has 2 aliphatic heterocycles. The minimum absolute atomic E-state index is 0.177. The molecule has 0 spiro atoms. The fraction of sp³-hybridized carbons (Fsp3) is 0.364. The van der Waals surface area contributed by atoms with Crippen LogP contribution in [0.25, 0.3) is 0 Å². The SMILES string of the molecule is Cc1ccc(NC(=O)O[C@@H]2CO[C@H]3[C@@H]2OC[C@H]3OC(=O)Nc2ccc(C)cc2)cc1. The summed E-state index contributed by atoms with van der Waals surface area (Å²) in [6.45, 7) is 4.29. The second-order valence-electron chi connectivity index (χ2n) is 7.47. The van der Waals surface area contributed by atoms with Gasteiger partial charge in [0.25, 0.3) is 0 Å². The lowest BCUT2D eigenvalue weighted by Crippen LogP contribution is -2.37. The normalized spacial score (nSPS) is 24.7. The molecule has 2 N–H and O–H groups in total. The van der Waals surface area contributed by atoms with E-state index in [0.29, 0.717) is 11.4 Å². The second kappa shape index (κ2) is 8.73. The monoisotopic (exact) mass is 412 g/mol. The number of fused-ring (bicyclic) bond motifs is 1. The van der Waals surface area contributed by atoms with Gasteiger partial charge in [-0.2, -0.15) is 0 Å². The van der Waals surface area contributed by atoms with Crippen LogP contribution >= 0.6 is 0 Å². The third kappa shape index (κ3) is 4.72. The van der Waals surface area contributed by atoms with Crippen molar-refractivity contribution in [1.82, 2.24) is 0 Å². The summed E-state index contributed by atoms with van der Waals surface area (Å²) < 4.78 is 22.3. The molecule has 2 aliphatic rings. The van der Waals surface area contributed by atoms with E-state index in [2.05, 4.69) is 10.6 Å². The quantitative estimate of drug-likeness (QED) is 0.796. The van der Waals surface area contributed by atoms with Crippen molar-refractivity contribution in [2.45, 2.75) is 38.3 Å². The van der Waals surface area contributed by atoms with Crippen LogP contribution in [0.15, 0.2) is 48.5 Å². The van der Waals surface area contributed by atoms with Gasteiger partial charge >= 0.3 is 12.2 Å². The van der Waals surface area contributed by atoms with Crippen molar-refractivity contribution in [3.63, 3.8) is 0 Å². The van der Waals surface area contributed by atoms with Gasteiger partial charge in [-0.25, -0.2) is 9.59 Å². The largest absolute Gasteiger partial charge is 0.441 e. The first-order valence-electron chi connectivity index (χ1n) is 9.80. The first kappa shape index (κ1) is 20.2. The van der Waals surface area contributed by atoms with Gasteiger partial charge < -0.3 is 18.9 Å². The number of benzene rings is 2. The predicted molar refractivity (Wildman–Crippen MR) is 110 cm³/mol. The van der Waals surface area contributed by atoms with Crippen molar-refractivity contribution in [3.05, 3.63) is 59.7 Å². The minimum Gasteiger partial charge on any atom is -0.441 e. The molecule has 2 heterocycles. The summed E-state index contributed by atoms with van der Waals surface area (Å²) in [4.78, 5) is 24.4. The van der Waals surface area contributed by atoms with Crippen molar-refractivity contribution in [3.8, 4) is 0 Å². The van der Waals surface area contributed by atoms with Gasteiger partial charge in [-0.3, -0.25) is 10.6 Å². The van der Waals surface area contributed by atoms with Gasteiger partial charge in [0.1, 0.15) is 12.2 Å². The maximum atomic E-state index is 12.2. The number of aryl methyl sites for hydroxylation is 2. The number of carbonyl (C=O) groups is 2. The molecule has 30 heavy (non-hydrogen) atoms. The lowest BCUT2D eigenvalue weighted by Gasteiger charge is -2.17. The summed E-state index contributed by atoms with van der Waals surface area (Å²) in [5.74, 6) is 0. The Labute approximate surface area is 174 Å². The summed E-state index contributed by atoms with van der Waals surface area (Å²) in [5.41, 5.74) is 3.47. The zero-order valence-electron chi connectivity index (χ0n) is 16.8. The number of carbonyl (C=O) groups excluding carboxylic acids is 2. The van der Waals surface area contributed by atoms with Crippen molar-refractivity contribution in [2.75, 3.05) is 23.8 Å². The number of rotatable bonds is 4. The van der Waals surface area contributed by atoms with E-state index < -0.39 is 36.6 Å². The highest BCUT2D eigenvalue weighted by atomic mass is 16.7. The van der Waals surface area contributed by atoms with E-state index in [0.717, 1.165) is 11.1 Å². The van der Waals surface area contributed by atoms with Crippen LogP contribution in [0.1, 0.15) is 11.1 Å². The maximum Gasteiger partial charge on any atom is 0.412 e. The van der Waals surface area contributed by atoms with E-state index >= 15 is 0 Å². The van der Waals surface area contributed by atoms with Crippen LogP contribution in [-0.2, 0) is 18.9 Å². The highest BCUT2D eigenvalue weighted by molar-refractivity contribution is 5.85. The van der Waals surface area contributed by atoms with Gasteiger partial charge in [0.2, 0.25) is 0 Å². The van der Waals surface area contributed by atoms with Gasteiger partial charge in [0.15, 0.2) is 12.2 Å². The Morgan fingerprint density at radius 2 is 1.10 bits per heavy atom. The number of ether oxygens (including phenoxy) is 4. The topological polar surface area (TPSA) is 95.1 Å². The van der Waals surface area contributed by atoms with Crippen LogP contribution in [-0.4, -0.2) is 49.8 Å². The standard InChI is InChI=1S/C22H24N2O6/c1-13-3-7-15(8-4-13)23-21(25)29-17-11-27-20-18(12-28-19(17)20)30-22(26)24-16-9-5-14(2)6-10-16/h3-10,17-20H,11-12H2,1-2H3,(H,23,25)(H,24,26)/t17-,18-,19-,20-/m1/s1. The number of amides is 2. The highest BCUT2D eigenvalue weighted by Crippen LogP contribution is 2.31. The molecular weight excluding hydrogens is 388 g/mol. The molecule has 2 saturated heterocycles. The molecule has 158 valence electrons. The molecule has 0 unspecified atom stereocenters. The molecule has 0 radical (unpaired) electrons. The average Bonchev–Trinajstić information content (AvgIpc) is 3.29. The van der Waals surface area contributed by atoms with E-state index in [1.54, 1.807) is 24.3 Å². The molecule has 2 aromatic rings. The molecule has 0 aliphatic carbocycles. The molecule has 2 amide bonds.